The molecule has 5 heteroatoms. The molecule has 1 atom stereocenters. The third-order valence-electron chi connectivity index (χ3n) is 4.15. The number of ether oxygens (including phenoxy) is 3. The molecule has 0 aliphatic carbocycles. The normalized spacial score (nSPS) is 14.2. The first-order valence-electron chi connectivity index (χ1n) is 6.78. The van der Waals surface area contributed by atoms with Crippen molar-refractivity contribution in [2.24, 2.45) is 5.73 Å². The molecule has 21 heavy (non-hydrogen) atoms. The van der Waals surface area contributed by atoms with Gasteiger partial charge in [-0.15, -0.1) is 0 Å². The predicted molar refractivity (Wildman–Crippen MR) is 81.8 cm³/mol. The zero-order valence-electron chi connectivity index (χ0n) is 13.6. The highest BCUT2D eigenvalue weighted by atomic mass is 16.5. The molecular formula is C16H25NO4. The van der Waals surface area contributed by atoms with Gasteiger partial charge in [0.05, 0.1) is 27.8 Å². The highest BCUT2D eigenvalue weighted by Gasteiger charge is 2.43. The predicted octanol–water partition coefficient (Wildman–Crippen LogP) is 2.26. The summed E-state index contributed by atoms with van der Waals surface area (Å²) in [5.74, 6) is 1.01. The van der Waals surface area contributed by atoms with Crippen LogP contribution in [0.1, 0.15) is 32.8 Å². The van der Waals surface area contributed by atoms with Crippen molar-refractivity contribution in [3.05, 3.63) is 23.8 Å². The van der Waals surface area contributed by atoms with E-state index in [-0.39, 0.29) is 12.4 Å². The summed E-state index contributed by atoms with van der Waals surface area (Å²) in [6, 6.07) is 5.50. The largest absolute Gasteiger partial charge is 0.497 e. The van der Waals surface area contributed by atoms with Crippen LogP contribution in [-0.2, 0) is 14.9 Å². The van der Waals surface area contributed by atoms with Crippen molar-refractivity contribution in [1.29, 1.82) is 0 Å². The van der Waals surface area contributed by atoms with Gasteiger partial charge in [-0.25, -0.2) is 0 Å². The molecule has 1 rings (SSSR count). The number of carbonyl (C=O) groups is 1. The second kappa shape index (κ2) is 6.35. The van der Waals surface area contributed by atoms with Crippen LogP contribution in [-0.4, -0.2) is 32.8 Å². The summed E-state index contributed by atoms with van der Waals surface area (Å²) in [4.78, 5) is 11.8. The Morgan fingerprint density at radius 2 is 1.76 bits per heavy atom. The summed E-state index contributed by atoms with van der Waals surface area (Å²) in [6.07, 6.45) is 0.162. The zero-order valence-corrected chi connectivity index (χ0v) is 13.6. The van der Waals surface area contributed by atoms with E-state index in [1.807, 2.05) is 32.9 Å². The van der Waals surface area contributed by atoms with Crippen molar-refractivity contribution in [3.63, 3.8) is 0 Å². The second-order valence-electron chi connectivity index (χ2n) is 5.87. The smallest absolute Gasteiger partial charge is 0.306 e. The van der Waals surface area contributed by atoms with Gasteiger partial charge in [0.15, 0.2) is 0 Å². The lowest BCUT2D eigenvalue weighted by Crippen LogP contribution is -2.53. The molecule has 5 nitrogen and oxygen atoms in total. The molecule has 0 aliphatic heterocycles. The molecule has 1 aromatic carbocycles. The summed E-state index contributed by atoms with van der Waals surface area (Å²) in [5.41, 5.74) is 5.91. The molecule has 0 fully saturated rings. The van der Waals surface area contributed by atoms with Crippen LogP contribution >= 0.6 is 0 Å². The van der Waals surface area contributed by atoms with Crippen LogP contribution < -0.4 is 15.2 Å². The van der Waals surface area contributed by atoms with Gasteiger partial charge in [0.2, 0.25) is 0 Å². The molecule has 118 valence electrons. The van der Waals surface area contributed by atoms with Gasteiger partial charge < -0.3 is 19.9 Å². The van der Waals surface area contributed by atoms with Crippen LogP contribution in [0.25, 0.3) is 0 Å². The minimum atomic E-state index is -0.650. The number of hydrogen-bond acceptors (Lipinski definition) is 5. The third kappa shape index (κ3) is 3.47. The Hall–Kier alpha value is -1.75. The molecule has 1 aromatic rings. The van der Waals surface area contributed by atoms with E-state index in [2.05, 4.69) is 0 Å². The van der Waals surface area contributed by atoms with Crippen LogP contribution in [0.4, 0.5) is 0 Å². The molecule has 2 N–H and O–H groups in total. The average molecular weight is 295 g/mol. The maximum absolute atomic E-state index is 11.8. The second-order valence-corrected chi connectivity index (χ2v) is 5.87. The van der Waals surface area contributed by atoms with Crippen LogP contribution in [0.15, 0.2) is 18.2 Å². The summed E-state index contributed by atoms with van der Waals surface area (Å²) in [5, 5.41) is 0. The quantitative estimate of drug-likeness (QED) is 0.815. The van der Waals surface area contributed by atoms with Crippen LogP contribution in [0.2, 0.25) is 0 Å². The molecule has 0 bridgehead atoms. The zero-order chi connectivity index (χ0) is 16.3. The van der Waals surface area contributed by atoms with Gasteiger partial charge in [0.1, 0.15) is 11.5 Å². The van der Waals surface area contributed by atoms with Crippen molar-refractivity contribution in [2.45, 2.75) is 38.1 Å². The highest BCUT2D eigenvalue weighted by molar-refractivity contribution is 5.72. The van der Waals surface area contributed by atoms with Crippen molar-refractivity contribution >= 4 is 5.97 Å². The summed E-state index contributed by atoms with van der Waals surface area (Å²) >= 11 is 0. The van der Waals surface area contributed by atoms with Gasteiger partial charge >= 0.3 is 5.97 Å². The molecule has 0 amide bonds. The van der Waals surface area contributed by atoms with Crippen LogP contribution in [0.3, 0.4) is 0 Å². The molecule has 0 aliphatic rings. The fraction of sp³-hybridized carbons (Fsp3) is 0.562. The maximum Gasteiger partial charge on any atom is 0.306 e. The number of benzene rings is 1. The highest BCUT2D eigenvalue weighted by Crippen LogP contribution is 2.43. The first-order valence-corrected chi connectivity index (χ1v) is 6.78. The third-order valence-corrected chi connectivity index (χ3v) is 4.15. The van der Waals surface area contributed by atoms with Crippen molar-refractivity contribution < 1.29 is 19.0 Å². The first kappa shape index (κ1) is 17.3. The van der Waals surface area contributed by atoms with Gasteiger partial charge in [-0.1, -0.05) is 13.0 Å². The van der Waals surface area contributed by atoms with Gasteiger partial charge in [-0.05, 0) is 19.9 Å². The Kier molecular flexibility index (Phi) is 5.23. The Labute approximate surface area is 126 Å². The van der Waals surface area contributed by atoms with Crippen molar-refractivity contribution in [3.8, 4) is 11.5 Å². The molecule has 0 saturated carbocycles. The van der Waals surface area contributed by atoms with Crippen molar-refractivity contribution in [2.75, 3.05) is 21.3 Å². The topological polar surface area (TPSA) is 70.8 Å². The maximum atomic E-state index is 11.8. The van der Waals surface area contributed by atoms with Crippen molar-refractivity contribution in [1.82, 2.24) is 0 Å². The number of carbonyl (C=O) groups excluding carboxylic acids is 1. The molecule has 0 saturated heterocycles. The Morgan fingerprint density at radius 1 is 1.14 bits per heavy atom. The standard InChI is InChI=1S/C16H25NO4/c1-15(2,17)16(3,10-14(18)21-6)12-8-7-11(19-4)9-13(12)20-5/h7-9H,10,17H2,1-6H3. The number of hydrogen-bond donors (Lipinski definition) is 1. The lowest BCUT2D eigenvalue weighted by atomic mass is 9.66. The lowest BCUT2D eigenvalue weighted by molar-refractivity contribution is -0.142. The molecular weight excluding hydrogens is 270 g/mol. The minimum absolute atomic E-state index is 0.162. The number of rotatable bonds is 6. The minimum Gasteiger partial charge on any atom is -0.497 e. The van der Waals surface area contributed by atoms with Crippen LogP contribution in [0, 0.1) is 0 Å². The summed E-state index contributed by atoms with van der Waals surface area (Å²) in [6.45, 7) is 5.72. The summed E-state index contributed by atoms with van der Waals surface area (Å²) in [7, 11) is 4.55. The monoisotopic (exact) mass is 295 g/mol. The van der Waals surface area contributed by atoms with Crippen LogP contribution in [0.5, 0.6) is 11.5 Å². The Balaban J connectivity index is 3.43. The molecule has 0 radical (unpaired) electrons. The SMILES string of the molecule is COC(=O)CC(C)(c1ccc(OC)cc1OC)C(C)(C)N. The number of methoxy groups -OCH3 is 3. The fourth-order valence-corrected chi connectivity index (χ4v) is 2.29. The van der Waals surface area contributed by atoms with Gasteiger partial charge in [0, 0.05) is 22.6 Å². The molecule has 1 unspecified atom stereocenters. The lowest BCUT2D eigenvalue weighted by Gasteiger charge is -2.42. The summed E-state index contributed by atoms with van der Waals surface area (Å²) < 4.78 is 15.5. The average Bonchev–Trinajstić information content (AvgIpc) is 2.44. The Bertz CT molecular complexity index is 507. The molecule has 0 heterocycles. The number of esters is 1. The van der Waals surface area contributed by atoms with E-state index >= 15 is 0 Å². The van der Waals surface area contributed by atoms with E-state index < -0.39 is 11.0 Å². The Morgan fingerprint density at radius 3 is 2.19 bits per heavy atom. The van der Waals surface area contributed by atoms with E-state index in [1.165, 1.54) is 7.11 Å². The number of nitrogens with two attached hydrogens (primary N) is 1. The van der Waals surface area contributed by atoms with Gasteiger partial charge in [-0.2, -0.15) is 0 Å². The molecule has 0 aromatic heterocycles. The van der Waals surface area contributed by atoms with E-state index in [1.54, 1.807) is 20.3 Å². The molecule has 0 spiro atoms. The first-order chi connectivity index (χ1) is 9.69. The van der Waals surface area contributed by atoms with Gasteiger partial charge in [0.25, 0.3) is 0 Å². The van der Waals surface area contributed by atoms with E-state index in [0.717, 1.165) is 5.56 Å². The van der Waals surface area contributed by atoms with Gasteiger partial charge in [-0.3, -0.25) is 4.79 Å². The van der Waals surface area contributed by atoms with E-state index in [9.17, 15) is 4.79 Å². The van der Waals surface area contributed by atoms with E-state index in [4.69, 9.17) is 19.9 Å². The van der Waals surface area contributed by atoms with E-state index in [0.29, 0.717) is 11.5 Å². The fourth-order valence-electron chi connectivity index (χ4n) is 2.29.